The van der Waals surface area contributed by atoms with E-state index in [1.165, 1.54) is 12.1 Å². The predicted octanol–water partition coefficient (Wildman–Crippen LogP) is 5.43. The second kappa shape index (κ2) is 10.5. The molecular weight excluding hydrogens is 419 g/mol. The van der Waals surface area contributed by atoms with E-state index in [0.29, 0.717) is 0 Å². The molecule has 0 aliphatic heterocycles. The number of aromatic nitrogens is 1. The number of carbonyl (C=O) groups excluding carboxylic acids is 1. The summed E-state index contributed by atoms with van der Waals surface area (Å²) in [5.41, 5.74) is -0.233. The molecule has 2 N–H and O–H groups in total. The minimum Gasteiger partial charge on any atom is -0.479 e. The summed E-state index contributed by atoms with van der Waals surface area (Å²) in [6.45, 7) is 17.4. The maximum Gasteiger partial charge on any atom is 0.408 e. The van der Waals surface area contributed by atoms with Gasteiger partial charge in [-0.05, 0) is 49.5 Å². The largest absolute Gasteiger partial charge is 0.479 e. The Labute approximate surface area is 185 Å². The van der Waals surface area contributed by atoms with Crippen molar-refractivity contribution in [3.05, 3.63) is 29.8 Å². The standard InChI is InChI=1S/C22H37FN2O5Si/c1-13(2)31(14(3)4,15(5)6)30-19(20(26)27)18(17-11-10-16(23)12-24-17)25-21(28)29-22(7,8)9/h10-15,18-19H,1-9H3,(H,25,28)(H,26,27)/t18-,19+/m0/s1. The molecule has 1 rings (SSSR count). The van der Waals surface area contributed by atoms with Crippen molar-refractivity contribution in [1.82, 2.24) is 10.3 Å². The van der Waals surface area contributed by atoms with Crippen LogP contribution in [0, 0.1) is 5.82 Å². The molecule has 1 aromatic heterocycles. The van der Waals surface area contributed by atoms with E-state index >= 15 is 0 Å². The number of halogens is 1. The number of nitrogens with zero attached hydrogens (tertiary/aromatic N) is 1. The van der Waals surface area contributed by atoms with Gasteiger partial charge in [0.05, 0.1) is 11.9 Å². The summed E-state index contributed by atoms with van der Waals surface area (Å²) in [7, 11) is -2.63. The molecule has 7 nitrogen and oxygen atoms in total. The SMILES string of the molecule is CC(C)[Si](O[C@@H](C(=O)O)[C@@H](NC(=O)OC(C)(C)C)c1ccc(F)cn1)(C(C)C)C(C)C. The number of nitrogens with one attached hydrogen (secondary N) is 1. The van der Waals surface area contributed by atoms with Gasteiger partial charge in [-0.3, -0.25) is 4.98 Å². The van der Waals surface area contributed by atoms with Gasteiger partial charge in [0.2, 0.25) is 8.32 Å². The van der Waals surface area contributed by atoms with Gasteiger partial charge in [0.1, 0.15) is 17.5 Å². The highest BCUT2D eigenvalue weighted by molar-refractivity contribution is 6.77. The number of hydrogen-bond acceptors (Lipinski definition) is 5. The number of ether oxygens (including phenoxy) is 1. The van der Waals surface area contributed by atoms with Crippen LogP contribution in [0.25, 0.3) is 0 Å². The van der Waals surface area contributed by atoms with E-state index in [9.17, 15) is 19.1 Å². The van der Waals surface area contributed by atoms with Crippen molar-refractivity contribution in [3.63, 3.8) is 0 Å². The molecule has 0 unspecified atom stereocenters. The topological polar surface area (TPSA) is 97.8 Å². The first-order valence-corrected chi connectivity index (χ1v) is 12.8. The van der Waals surface area contributed by atoms with Gasteiger partial charge in [0.25, 0.3) is 0 Å². The van der Waals surface area contributed by atoms with Gasteiger partial charge in [-0.25, -0.2) is 14.0 Å². The van der Waals surface area contributed by atoms with Crippen molar-refractivity contribution in [3.8, 4) is 0 Å². The third kappa shape index (κ3) is 7.00. The Bertz CT molecular complexity index is 725. The summed E-state index contributed by atoms with van der Waals surface area (Å²) in [4.78, 5) is 29.0. The Morgan fingerprint density at radius 3 is 1.94 bits per heavy atom. The van der Waals surface area contributed by atoms with Crippen LogP contribution in [0.5, 0.6) is 0 Å². The Balaban J connectivity index is 3.49. The van der Waals surface area contributed by atoms with Gasteiger partial charge in [-0.15, -0.1) is 0 Å². The summed E-state index contributed by atoms with van der Waals surface area (Å²) in [5.74, 6) is -1.80. The maximum absolute atomic E-state index is 13.5. The molecule has 2 atom stereocenters. The molecule has 0 fully saturated rings. The van der Waals surface area contributed by atoms with E-state index in [-0.39, 0.29) is 22.3 Å². The summed E-state index contributed by atoms with van der Waals surface area (Å²) in [5, 5.41) is 12.7. The fourth-order valence-corrected chi connectivity index (χ4v) is 9.69. The molecule has 0 aliphatic rings. The zero-order valence-electron chi connectivity index (χ0n) is 20.0. The number of pyridine rings is 1. The van der Waals surface area contributed by atoms with Crippen molar-refractivity contribution in [2.24, 2.45) is 0 Å². The number of hydrogen-bond donors (Lipinski definition) is 2. The Morgan fingerprint density at radius 1 is 1.06 bits per heavy atom. The molecule has 0 bridgehead atoms. The highest BCUT2D eigenvalue weighted by Crippen LogP contribution is 2.44. The lowest BCUT2D eigenvalue weighted by atomic mass is 10.1. The molecule has 0 spiro atoms. The third-order valence-corrected chi connectivity index (χ3v) is 11.4. The van der Waals surface area contributed by atoms with E-state index in [0.717, 1.165) is 6.20 Å². The van der Waals surface area contributed by atoms with Gasteiger partial charge in [0.15, 0.2) is 6.10 Å². The molecule has 0 aliphatic carbocycles. The minimum atomic E-state index is -2.63. The van der Waals surface area contributed by atoms with Crippen LogP contribution in [0.2, 0.25) is 16.6 Å². The first kappa shape index (κ1) is 27.0. The average Bonchev–Trinajstić information content (AvgIpc) is 2.59. The highest BCUT2D eigenvalue weighted by atomic mass is 28.4. The molecule has 0 saturated carbocycles. The van der Waals surface area contributed by atoms with Crippen molar-refractivity contribution in [1.29, 1.82) is 0 Å². The van der Waals surface area contributed by atoms with Crippen LogP contribution >= 0.6 is 0 Å². The zero-order chi connectivity index (χ0) is 24.1. The monoisotopic (exact) mass is 456 g/mol. The van der Waals surface area contributed by atoms with Gasteiger partial charge >= 0.3 is 12.1 Å². The number of carbonyl (C=O) groups is 2. The van der Waals surface area contributed by atoms with Gasteiger partial charge in [-0.2, -0.15) is 0 Å². The van der Waals surface area contributed by atoms with Crippen molar-refractivity contribution >= 4 is 20.4 Å². The van der Waals surface area contributed by atoms with E-state index < -0.39 is 43.9 Å². The van der Waals surface area contributed by atoms with Crippen molar-refractivity contribution < 1.29 is 28.2 Å². The minimum absolute atomic E-state index is 0.123. The molecule has 0 saturated heterocycles. The Morgan fingerprint density at radius 2 is 1.58 bits per heavy atom. The molecule has 0 aromatic carbocycles. The number of aliphatic carboxylic acids is 1. The van der Waals surface area contributed by atoms with Crippen LogP contribution in [0.3, 0.4) is 0 Å². The smallest absolute Gasteiger partial charge is 0.408 e. The molecule has 31 heavy (non-hydrogen) atoms. The molecule has 1 amide bonds. The Hall–Kier alpha value is -2.00. The third-order valence-electron chi connectivity index (χ3n) is 5.33. The van der Waals surface area contributed by atoms with Gasteiger partial charge < -0.3 is 19.6 Å². The van der Waals surface area contributed by atoms with Crippen LogP contribution in [0.1, 0.15) is 74.0 Å². The molecule has 0 radical (unpaired) electrons. The van der Waals surface area contributed by atoms with E-state index in [1.54, 1.807) is 20.8 Å². The second-order valence-electron chi connectivity index (χ2n) is 9.72. The van der Waals surface area contributed by atoms with Crippen molar-refractivity contribution in [2.75, 3.05) is 0 Å². The summed E-state index contributed by atoms with van der Waals surface area (Å²) in [6, 6.07) is 1.36. The summed E-state index contributed by atoms with van der Waals surface area (Å²) in [6.07, 6.45) is -1.23. The Kier molecular flexibility index (Phi) is 9.19. The quantitative estimate of drug-likeness (QED) is 0.481. The lowest BCUT2D eigenvalue weighted by Crippen LogP contribution is -2.55. The number of alkyl carbamates (subject to hydrolysis) is 1. The fraction of sp³-hybridized carbons (Fsp3) is 0.682. The number of rotatable bonds is 9. The molecule has 9 heteroatoms. The summed E-state index contributed by atoms with van der Waals surface area (Å²) < 4.78 is 25.3. The molecule has 176 valence electrons. The van der Waals surface area contributed by atoms with E-state index in [1.807, 2.05) is 41.5 Å². The number of carboxylic acids is 1. The molecule has 1 aromatic rings. The first-order chi connectivity index (χ1) is 14.1. The van der Waals surface area contributed by atoms with Crippen LogP contribution in [-0.2, 0) is 14.0 Å². The van der Waals surface area contributed by atoms with Crippen LogP contribution < -0.4 is 5.32 Å². The average molecular weight is 457 g/mol. The number of carboxylic acid groups (broad SMARTS) is 1. The van der Waals surface area contributed by atoms with Gasteiger partial charge in [0, 0.05) is 0 Å². The lowest BCUT2D eigenvalue weighted by Gasteiger charge is -2.45. The number of amides is 1. The summed E-state index contributed by atoms with van der Waals surface area (Å²) >= 11 is 0. The van der Waals surface area contributed by atoms with Crippen LogP contribution in [0.15, 0.2) is 18.3 Å². The highest BCUT2D eigenvalue weighted by Gasteiger charge is 2.50. The van der Waals surface area contributed by atoms with Crippen molar-refractivity contribution in [2.45, 2.75) is 96.7 Å². The van der Waals surface area contributed by atoms with Crippen LogP contribution in [0.4, 0.5) is 9.18 Å². The fourth-order valence-electron chi connectivity index (χ4n) is 4.20. The van der Waals surface area contributed by atoms with Gasteiger partial charge in [-0.1, -0.05) is 41.5 Å². The van der Waals surface area contributed by atoms with E-state index in [2.05, 4.69) is 10.3 Å². The normalized spacial score (nSPS) is 14.6. The second-order valence-corrected chi connectivity index (χ2v) is 15.1. The van der Waals surface area contributed by atoms with E-state index in [4.69, 9.17) is 9.16 Å². The predicted molar refractivity (Wildman–Crippen MR) is 120 cm³/mol. The zero-order valence-corrected chi connectivity index (χ0v) is 21.0. The first-order valence-electron chi connectivity index (χ1n) is 10.6. The van der Waals surface area contributed by atoms with Crippen LogP contribution in [-0.4, -0.2) is 42.2 Å². The molecule has 1 heterocycles. The lowest BCUT2D eigenvalue weighted by molar-refractivity contribution is -0.147. The maximum atomic E-state index is 13.5. The molecular formula is C22H37FN2O5Si.